The third-order valence-corrected chi connectivity index (χ3v) is 4.29. The van der Waals surface area contributed by atoms with Crippen LogP contribution in [-0.4, -0.2) is 25.4 Å². The molecule has 1 atom stereocenters. The first kappa shape index (κ1) is 13.2. The Bertz CT molecular complexity index is 333. The summed E-state index contributed by atoms with van der Waals surface area (Å²) in [5, 5.41) is 0. The van der Waals surface area contributed by atoms with Gasteiger partial charge in [-0.3, -0.25) is 4.79 Å². The van der Waals surface area contributed by atoms with Crippen LogP contribution in [0, 0.1) is 0 Å². The predicted molar refractivity (Wildman–Crippen MR) is 69.5 cm³/mol. The van der Waals surface area contributed by atoms with Gasteiger partial charge < -0.3 is 4.74 Å². The third kappa shape index (κ3) is 3.94. The summed E-state index contributed by atoms with van der Waals surface area (Å²) in [7, 11) is 2.06. The summed E-state index contributed by atoms with van der Waals surface area (Å²) in [5.41, 5.74) is 1.46. The summed E-state index contributed by atoms with van der Waals surface area (Å²) in [5.74, 6) is -0.109. The molecule has 3 heteroatoms. The van der Waals surface area contributed by atoms with Crippen LogP contribution >= 0.6 is 8.58 Å². The standard InChI is InChI=1S/C13H19O2P/c1-13(2,10-16-9-12(14)15-3)11-7-5-4-6-8-11/h4-8,16H,9-10H2,1-3H3. The maximum absolute atomic E-state index is 11.0. The average molecular weight is 238 g/mol. The molecule has 1 aromatic carbocycles. The first-order valence-electron chi connectivity index (χ1n) is 5.39. The van der Waals surface area contributed by atoms with E-state index in [0.717, 1.165) is 6.16 Å². The van der Waals surface area contributed by atoms with Crippen molar-refractivity contribution in [1.82, 2.24) is 0 Å². The van der Waals surface area contributed by atoms with Crippen molar-refractivity contribution in [3.8, 4) is 0 Å². The Balaban J connectivity index is 2.49. The van der Waals surface area contributed by atoms with Gasteiger partial charge >= 0.3 is 5.97 Å². The molecule has 0 aliphatic heterocycles. The second-order valence-electron chi connectivity index (χ2n) is 4.43. The van der Waals surface area contributed by atoms with Crippen molar-refractivity contribution in [2.24, 2.45) is 0 Å². The number of benzene rings is 1. The van der Waals surface area contributed by atoms with Crippen molar-refractivity contribution < 1.29 is 9.53 Å². The van der Waals surface area contributed by atoms with Crippen LogP contribution in [0.2, 0.25) is 0 Å². The first-order valence-corrected chi connectivity index (χ1v) is 6.81. The molecule has 0 radical (unpaired) electrons. The third-order valence-electron chi connectivity index (χ3n) is 2.62. The van der Waals surface area contributed by atoms with E-state index in [1.165, 1.54) is 12.7 Å². The Kier molecular flexibility index (Phi) is 4.95. The van der Waals surface area contributed by atoms with Crippen molar-refractivity contribution in [3.05, 3.63) is 35.9 Å². The summed E-state index contributed by atoms with van der Waals surface area (Å²) in [6.07, 6.45) is 1.55. The monoisotopic (exact) mass is 238 g/mol. The molecule has 0 fully saturated rings. The highest BCUT2D eigenvalue weighted by atomic mass is 31.1. The molecule has 2 nitrogen and oxygen atoms in total. The first-order chi connectivity index (χ1) is 7.56. The molecule has 0 saturated heterocycles. The van der Waals surface area contributed by atoms with Crippen LogP contribution in [0.1, 0.15) is 19.4 Å². The molecule has 0 amide bonds. The fourth-order valence-electron chi connectivity index (χ4n) is 1.54. The highest BCUT2D eigenvalue weighted by Gasteiger charge is 2.20. The van der Waals surface area contributed by atoms with E-state index >= 15 is 0 Å². The Morgan fingerprint density at radius 3 is 2.50 bits per heavy atom. The van der Waals surface area contributed by atoms with Crippen LogP contribution in [0.5, 0.6) is 0 Å². The zero-order valence-corrected chi connectivity index (χ0v) is 11.1. The molecule has 0 spiro atoms. The predicted octanol–water partition coefficient (Wildman–Crippen LogP) is 2.82. The summed E-state index contributed by atoms with van der Waals surface area (Å²) in [6.45, 7) is 4.43. The Hall–Kier alpha value is -0.880. The number of rotatable bonds is 5. The lowest BCUT2D eigenvalue weighted by molar-refractivity contribution is -0.137. The van der Waals surface area contributed by atoms with Gasteiger partial charge in [-0.2, -0.15) is 0 Å². The number of hydrogen-bond donors (Lipinski definition) is 0. The molecule has 0 N–H and O–H groups in total. The van der Waals surface area contributed by atoms with Crippen molar-refractivity contribution >= 4 is 14.6 Å². The molecule has 0 heterocycles. The molecule has 1 unspecified atom stereocenters. The number of hydrogen-bond acceptors (Lipinski definition) is 2. The number of carbonyl (C=O) groups excluding carboxylic acids is 1. The fourth-order valence-corrected chi connectivity index (χ4v) is 2.84. The minimum Gasteiger partial charge on any atom is -0.469 e. The smallest absolute Gasteiger partial charge is 0.309 e. The summed E-state index contributed by atoms with van der Waals surface area (Å²) >= 11 is 0. The molecule has 16 heavy (non-hydrogen) atoms. The second kappa shape index (κ2) is 6.00. The van der Waals surface area contributed by atoms with Crippen LogP contribution < -0.4 is 0 Å². The number of ether oxygens (including phenoxy) is 1. The summed E-state index contributed by atoms with van der Waals surface area (Å²) < 4.78 is 4.64. The minimum atomic E-state index is -0.109. The SMILES string of the molecule is COC(=O)CPCC(C)(C)c1ccccc1. The van der Waals surface area contributed by atoms with Crippen molar-refractivity contribution in [1.29, 1.82) is 0 Å². The van der Waals surface area contributed by atoms with E-state index in [4.69, 9.17) is 0 Å². The van der Waals surface area contributed by atoms with Crippen LogP contribution in [0.25, 0.3) is 0 Å². The van der Waals surface area contributed by atoms with E-state index in [1.807, 2.05) is 6.07 Å². The normalized spacial score (nSPS) is 11.9. The highest BCUT2D eigenvalue weighted by molar-refractivity contribution is 7.39. The maximum Gasteiger partial charge on any atom is 0.309 e. The van der Waals surface area contributed by atoms with Crippen molar-refractivity contribution in [2.45, 2.75) is 19.3 Å². The number of esters is 1. The van der Waals surface area contributed by atoms with Gasteiger partial charge in [-0.15, -0.1) is 8.58 Å². The van der Waals surface area contributed by atoms with Crippen LogP contribution in [0.4, 0.5) is 0 Å². The van der Waals surface area contributed by atoms with Crippen molar-refractivity contribution in [3.63, 3.8) is 0 Å². The quantitative estimate of drug-likeness (QED) is 0.582. The van der Waals surface area contributed by atoms with Crippen LogP contribution in [0.15, 0.2) is 30.3 Å². The van der Waals surface area contributed by atoms with Gasteiger partial charge in [0.15, 0.2) is 0 Å². The van der Waals surface area contributed by atoms with Gasteiger partial charge in [0.1, 0.15) is 0 Å². The van der Waals surface area contributed by atoms with E-state index in [2.05, 4.69) is 42.8 Å². The zero-order chi connectivity index (χ0) is 12.0. The van der Waals surface area contributed by atoms with Crippen LogP contribution in [0.3, 0.4) is 0 Å². The molecule has 88 valence electrons. The molecule has 0 aromatic heterocycles. The Morgan fingerprint density at radius 1 is 1.31 bits per heavy atom. The highest BCUT2D eigenvalue weighted by Crippen LogP contribution is 2.29. The molecule has 0 aliphatic rings. The molecule has 1 rings (SSSR count). The van der Waals surface area contributed by atoms with E-state index in [9.17, 15) is 4.79 Å². The molecule has 0 bridgehead atoms. The zero-order valence-electron chi connectivity index (χ0n) is 10.1. The van der Waals surface area contributed by atoms with E-state index in [1.54, 1.807) is 0 Å². The Labute approximate surface area is 99.2 Å². The summed E-state index contributed by atoms with van der Waals surface area (Å²) in [4.78, 5) is 11.0. The molecule has 0 aliphatic carbocycles. The molecular weight excluding hydrogens is 219 g/mol. The van der Waals surface area contributed by atoms with Gasteiger partial charge in [0.25, 0.3) is 0 Å². The van der Waals surface area contributed by atoms with Gasteiger partial charge in [-0.1, -0.05) is 44.2 Å². The van der Waals surface area contributed by atoms with E-state index < -0.39 is 0 Å². The topological polar surface area (TPSA) is 26.3 Å². The molecular formula is C13H19O2P. The largest absolute Gasteiger partial charge is 0.469 e. The lowest BCUT2D eigenvalue weighted by Crippen LogP contribution is -2.20. The number of methoxy groups -OCH3 is 1. The number of carbonyl (C=O) groups is 1. The van der Waals surface area contributed by atoms with Gasteiger partial charge in [-0.25, -0.2) is 0 Å². The van der Waals surface area contributed by atoms with E-state index in [-0.39, 0.29) is 11.4 Å². The maximum atomic E-state index is 11.0. The van der Waals surface area contributed by atoms with Gasteiger partial charge in [0.2, 0.25) is 0 Å². The van der Waals surface area contributed by atoms with Gasteiger partial charge in [0.05, 0.1) is 13.3 Å². The minimum absolute atomic E-state index is 0.109. The Morgan fingerprint density at radius 2 is 1.94 bits per heavy atom. The molecule has 0 saturated carbocycles. The lowest BCUT2D eigenvalue weighted by atomic mass is 9.87. The summed E-state index contributed by atoms with van der Waals surface area (Å²) in [6, 6.07) is 10.4. The van der Waals surface area contributed by atoms with Crippen molar-refractivity contribution in [2.75, 3.05) is 19.4 Å². The molecule has 1 aromatic rings. The average Bonchev–Trinajstić information content (AvgIpc) is 2.30. The lowest BCUT2D eigenvalue weighted by Gasteiger charge is -2.25. The van der Waals surface area contributed by atoms with Crippen LogP contribution in [-0.2, 0) is 14.9 Å². The van der Waals surface area contributed by atoms with Gasteiger partial charge in [-0.05, 0) is 17.1 Å². The van der Waals surface area contributed by atoms with Gasteiger partial charge in [0, 0.05) is 0 Å². The second-order valence-corrected chi connectivity index (χ2v) is 5.64. The fraction of sp³-hybridized carbons (Fsp3) is 0.462. The van der Waals surface area contributed by atoms with E-state index in [0.29, 0.717) is 14.7 Å².